The monoisotopic (exact) mass is 375 g/mol. The molecule has 0 saturated heterocycles. The summed E-state index contributed by atoms with van der Waals surface area (Å²) in [5, 5.41) is 6.39. The van der Waals surface area contributed by atoms with Crippen LogP contribution in [0.2, 0.25) is 0 Å². The summed E-state index contributed by atoms with van der Waals surface area (Å²) in [6.07, 6.45) is 0. The highest BCUT2D eigenvalue weighted by Gasteiger charge is 2.08. The second-order valence-electron chi connectivity index (χ2n) is 6.06. The molecule has 2 aromatic heterocycles. The minimum absolute atomic E-state index is 0.188. The first-order valence-electron chi connectivity index (χ1n) is 8.48. The maximum atomic E-state index is 12.2. The number of benzene rings is 2. The Balaban J connectivity index is 1.39. The molecule has 0 radical (unpaired) electrons. The molecule has 27 heavy (non-hydrogen) atoms. The lowest BCUT2D eigenvalue weighted by atomic mass is 10.2. The van der Waals surface area contributed by atoms with Gasteiger partial charge in [0.15, 0.2) is 5.13 Å². The number of amides is 1. The number of pyridine rings is 1. The molecule has 0 fully saturated rings. The van der Waals surface area contributed by atoms with Crippen LogP contribution in [0.25, 0.3) is 10.9 Å². The van der Waals surface area contributed by atoms with Crippen LogP contribution in [0.5, 0.6) is 5.75 Å². The van der Waals surface area contributed by atoms with Crippen molar-refractivity contribution in [2.24, 2.45) is 0 Å². The van der Waals surface area contributed by atoms with Crippen LogP contribution in [-0.4, -0.2) is 15.9 Å². The van der Waals surface area contributed by atoms with Crippen molar-refractivity contribution in [3.05, 3.63) is 83.0 Å². The van der Waals surface area contributed by atoms with E-state index in [1.165, 1.54) is 11.3 Å². The highest BCUT2D eigenvalue weighted by Crippen LogP contribution is 2.18. The lowest BCUT2D eigenvalue weighted by Crippen LogP contribution is -2.11. The van der Waals surface area contributed by atoms with Crippen molar-refractivity contribution in [1.82, 2.24) is 9.97 Å². The number of aryl methyl sites for hydroxylation is 1. The summed E-state index contributed by atoms with van der Waals surface area (Å²) in [4.78, 5) is 21.1. The second kappa shape index (κ2) is 7.55. The van der Waals surface area contributed by atoms with Crippen molar-refractivity contribution in [2.45, 2.75) is 13.5 Å². The first-order valence-corrected chi connectivity index (χ1v) is 9.36. The van der Waals surface area contributed by atoms with Gasteiger partial charge in [0.05, 0.1) is 16.9 Å². The normalized spacial score (nSPS) is 10.7. The number of carbonyl (C=O) groups excluding carboxylic acids is 1. The van der Waals surface area contributed by atoms with E-state index in [2.05, 4.69) is 15.3 Å². The molecule has 0 spiro atoms. The van der Waals surface area contributed by atoms with E-state index in [1.807, 2.05) is 48.7 Å². The molecule has 2 aromatic carbocycles. The van der Waals surface area contributed by atoms with E-state index >= 15 is 0 Å². The Bertz CT molecular complexity index is 1090. The number of ether oxygens (including phenoxy) is 1. The molecule has 5 nitrogen and oxygen atoms in total. The smallest absolute Gasteiger partial charge is 0.257 e. The molecule has 0 bridgehead atoms. The van der Waals surface area contributed by atoms with Gasteiger partial charge in [-0.05, 0) is 43.3 Å². The van der Waals surface area contributed by atoms with Gasteiger partial charge in [-0.1, -0.05) is 24.3 Å². The Morgan fingerprint density at radius 2 is 1.85 bits per heavy atom. The number of fused-ring (bicyclic) bond motifs is 1. The van der Waals surface area contributed by atoms with Crippen LogP contribution in [0.3, 0.4) is 0 Å². The summed E-state index contributed by atoms with van der Waals surface area (Å²) >= 11 is 1.41. The number of thiazole rings is 1. The maximum absolute atomic E-state index is 12.2. The molecular formula is C21H17N3O2S. The first kappa shape index (κ1) is 17.2. The number of hydrogen-bond donors (Lipinski definition) is 1. The molecule has 0 aliphatic carbocycles. The van der Waals surface area contributed by atoms with Gasteiger partial charge in [-0.15, -0.1) is 11.3 Å². The molecule has 2 heterocycles. The van der Waals surface area contributed by atoms with Crippen molar-refractivity contribution in [1.29, 1.82) is 0 Å². The van der Waals surface area contributed by atoms with Gasteiger partial charge in [-0.25, -0.2) is 9.97 Å². The van der Waals surface area contributed by atoms with E-state index in [-0.39, 0.29) is 5.91 Å². The second-order valence-corrected chi connectivity index (χ2v) is 6.91. The summed E-state index contributed by atoms with van der Waals surface area (Å²) < 4.78 is 5.79. The van der Waals surface area contributed by atoms with Gasteiger partial charge in [0, 0.05) is 16.3 Å². The van der Waals surface area contributed by atoms with Gasteiger partial charge in [0.1, 0.15) is 12.4 Å². The van der Waals surface area contributed by atoms with E-state index in [4.69, 9.17) is 4.74 Å². The van der Waals surface area contributed by atoms with Gasteiger partial charge in [0.2, 0.25) is 0 Å². The van der Waals surface area contributed by atoms with Crippen LogP contribution in [-0.2, 0) is 6.61 Å². The van der Waals surface area contributed by atoms with E-state index < -0.39 is 0 Å². The summed E-state index contributed by atoms with van der Waals surface area (Å²) in [6, 6.07) is 19.0. The predicted octanol–water partition coefficient (Wildman–Crippen LogP) is 4.83. The van der Waals surface area contributed by atoms with E-state index in [0.717, 1.165) is 22.3 Å². The molecule has 1 amide bonds. The molecule has 0 atom stereocenters. The first-order chi connectivity index (χ1) is 13.2. The van der Waals surface area contributed by atoms with Gasteiger partial charge >= 0.3 is 0 Å². The molecule has 6 heteroatoms. The van der Waals surface area contributed by atoms with Crippen molar-refractivity contribution < 1.29 is 9.53 Å². The molecule has 0 unspecified atom stereocenters. The van der Waals surface area contributed by atoms with Gasteiger partial charge in [-0.3, -0.25) is 10.1 Å². The zero-order chi connectivity index (χ0) is 18.6. The number of carbonyl (C=O) groups is 1. The Kier molecular flexibility index (Phi) is 4.80. The number of aromatic nitrogens is 2. The average molecular weight is 375 g/mol. The molecule has 4 aromatic rings. The Labute approximate surface area is 160 Å². The third-order valence-corrected chi connectivity index (χ3v) is 4.87. The Morgan fingerprint density at radius 3 is 2.63 bits per heavy atom. The molecule has 1 N–H and O–H groups in total. The summed E-state index contributed by atoms with van der Waals surface area (Å²) in [5.74, 6) is 0.499. The molecule has 4 rings (SSSR count). The average Bonchev–Trinajstić information content (AvgIpc) is 3.11. The minimum Gasteiger partial charge on any atom is -0.487 e. The lowest BCUT2D eigenvalue weighted by Gasteiger charge is -2.08. The lowest BCUT2D eigenvalue weighted by molar-refractivity contribution is 0.102. The number of nitrogens with one attached hydrogen (secondary N) is 1. The Hall–Kier alpha value is -3.25. The van der Waals surface area contributed by atoms with Crippen LogP contribution in [0.1, 0.15) is 21.7 Å². The molecule has 0 saturated carbocycles. The number of para-hydroxylation sites is 1. The molecular weight excluding hydrogens is 358 g/mol. The fourth-order valence-corrected chi connectivity index (χ4v) is 3.31. The van der Waals surface area contributed by atoms with Crippen LogP contribution < -0.4 is 10.1 Å². The number of anilines is 1. The SMILES string of the molecule is Cc1csc(NC(=O)c2ccc(OCc3ccc4ccccc4n3)cc2)n1. The van der Waals surface area contributed by atoms with Gasteiger partial charge in [-0.2, -0.15) is 0 Å². The van der Waals surface area contributed by atoms with Crippen LogP contribution in [0.4, 0.5) is 5.13 Å². The zero-order valence-corrected chi connectivity index (χ0v) is 15.5. The minimum atomic E-state index is -0.188. The third kappa shape index (κ3) is 4.12. The fourth-order valence-electron chi connectivity index (χ4n) is 2.63. The number of nitrogens with zero attached hydrogens (tertiary/aromatic N) is 2. The number of hydrogen-bond acceptors (Lipinski definition) is 5. The van der Waals surface area contributed by atoms with Gasteiger partial charge < -0.3 is 4.74 Å². The quantitative estimate of drug-likeness (QED) is 0.543. The predicted molar refractivity (Wildman–Crippen MR) is 107 cm³/mol. The van der Waals surface area contributed by atoms with Gasteiger partial charge in [0.25, 0.3) is 5.91 Å². The van der Waals surface area contributed by atoms with Crippen molar-refractivity contribution in [2.75, 3.05) is 5.32 Å². The topological polar surface area (TPSA) is 64.1 Å². The van der Waals surface area contributed by atoms with Crippen LogP contribution in [0, 0.1) is 6.92 Å². The highest BCUT2D eigenvalue weighted by molar-refractivity contribution is 7.13. The highest BCUT2D eigenvalue weighted by atomic mass is 32.1. The summed E-state index contributed by atoms with van der Waals surface area (Å²) in [6.45, 7) is 2.26. The number of rotatable bonds is 5. The van der Waals surface area contributed by atoms with E-state index in [1.54, 1.807) is 24.3 Å². The van der Waals surface area contributed by atoms with Crippen LogP contribution >= 0.6 is 11.3 Å². The van der Waals surface area contributed by atoms with Crippen molar-refractivity contribution in [3.63, 3.8) is 0 Å². The largest absolute Gasteiger partial charge is 0.487 e. The van der Waals surface area contributed by atoms with Crippen LogP contribution in [0.15, 0.2) is 66.0 Å². The fraction of sp³-hybridized carbons (Fsp3) is 0.0952. The Morgan fingerprint density at radius 1 is 1.04 bits per heavy atom. The maximum Gasteiger partial charge on any atom is 0.257 e. The van der Waals surface area contributed by atoms with Crippen molar-refractivity contribution in [3.8, 4) is 5.75 Å². The molecule has 134 valence electrons. The standard InChI is InChI=1S/C21H17N3O2S/c1-14-13-27-21(22-14)24-20(25)16-7-10-18(11-8-16)26-12-17-9-6-15-4-2-3-5-19(15)23-17/h2-11,13H,12H2,1H3,(H,22,24,25). The third-order valence-electron chi connectivity index (χ3n) is 4.00. The molecule has 0 aliphatic heterocycles. The van der Waals surface area contributed by atoms with E-state index in [9.17, 15) is 4.79 Å². The summed E-state index contributed by atoms with van der Waals surface area (Å²) in [7, 11) is 0. The summed E-state index contributed by atoms with van der Waals surface area (Å²) in [5.41, 5.74) is 3.25. The zero-order valence-electron chi connectivity index (χ0n) is 14.7. The van der Waals surface area contributed by atoms with Crippen molar-refractivity contribution >= 4 is 33.3 Å². The molecule has 0 aliphatic rings. The van der Waals surface area contributed by atoms with E-state index in [0.29, 0.717) is 23.1 Å².